The fourth-order valence-electron chi connectivity index (χ4n) is 1.12. The molecule has 0 radical (unpaired) electrons. The molecule has 0 saturated carbocycles. The lowest BCUT2D eigenvalue weighted by molar-refractivity contribution is 1.05. The molecule has 74 valence electrons. The Balaban J connectivity index is 2.03. The van der Waals surface area contributed by atoms with Crippen molar-refractivity contribution in [2.75, 3.05) is 11.9 Å². The monoisotopic (exact) mass is 225 g/mol. The molecule has 2 aromatic rings. The molecule has 3 nitrogen and oxygen atoms in total. The van der Waals surface area contributed by atoms with E-state index < -0.39 is 0 Å². The van der Waals surface area contributed by atoms with Gasteiger partial charge in [0, 0.05) is 29.4 Å². The Morgan fingerprint density at radius 1 is 1.50 bits per heavy atom. The summed E-state index contributed by atoms with van der Waals surface area (Å²) in [7, 11) is 0. The quantitative estimate of drug-likeness (QED) is 0.869. The molecule has 2 aromatic heterocycles. The molecule has 2 rings (SSSR count). The first-order chi connectivity index (χ1) is 6.88. The van der Waals surface area contributed by atoms with Crippen LogP contribution in [0.5, 0.6) is 0 Å². The molecule has 0 aromatic carbocycles. The number of rotatable bonds is 4. The van der Waals surface area contributed by atoms with E-state index in [0.29, 0.717) is 0 Å². The van der Waals surface area contributed by atoms with Crippen LogP contribution in [0.1, 0.15) is 17.6 Å². The maximum Gasteiger partial charge on any atom is 0.202 e. The van der Waals surface area contributed by atoms with Crippen molar-refractivity contribution in [1.29, 1.82) is 0 Å². The van der Waals surface area contributed by atoms with Crippen LogP contribution in [0, 0.1) is 0 Å². The van der Waals surface area contributed by atoms with Gasteiger partial charge in [-0.25, -0.2) is 4.98 Å². The van der Waals surface area contributed by atoms with Gasteiger partial charge in [-0.15, -0.1) is 11.3 Å². The summed E-state index contributed by atoms with van der Waals surface area (Å²) in [5, 5.41) is 6.15. The zero-order valence-electron chi connectivity index (χ0n) is 7.86. The highest BCUT2D eigenvalue weighted by Gasteiger charge is 2.04. The molecule has 0 fully saturated rings. The maximum absolute atomic E-state index is 4.38. The molecule has 0 atom stereocenters. The van der Waals surface area contributed by atoms with Crippen LogP contribution in [0.15, 0.2) is 17.5 Å². The molecule has 0 aliphatic heterocycles. The van der Waals surface area contributed by atoms with Gasteiger partial charge in [-0.1, -0.05) is 6.07 Å². The molecular formula is C9H11N3S2. The molecule has 1 N–H and O–H groups in total. The SMILES string of the molecule is CCNc1nc(Cc2cccs2)ns1. The number of thiophene rings is 1. The predicted octanol–water partition coefficient (Wildman–Crippen LogP) is 2.62. The van der Waals surface area contributed by atoms with E-state index in [4.69, 9.17) is 0 Å². The van der Waals surface area contributed by atoms with E-state index in [1.54, 1.807) is 11.3 Å². The van der Waals surface area contributed by atoms with Gasteiger partial charge in [0.15, 0.2) is 0 Å². The smallest absolute Gasteiger partial charge is 0.202 e. The van der Waals surface area contributed by atoms with Crippen molar-refractivity contribution in [2.45, 2.75) is 13.3 Å². The third-order valence-electron chi connectivity index (χ3n) is 1.71. The minimum absolute atomic E-state index is 0.847. The molecule has 0 aliphatic rings. The molecule has 0 bridgehead atoms. The zero-order chi connectivity index (χ0) is 9.80. The van der Waals surface area contributed by atoms with Crippen molar-refractivity contribution < 1.29 is 0 Å². The Morgan fingerprint density at radius 3 is 3.14 bits per heavy atom. The van der Waals surface area contributed by atoms with Gasteiger partial charge < -0.3 is 5.32 Å². The first kappa shape index (κ1) is 9.61. The number of nitrogens with one attached hydrogen (secondary N) is 1. The van der Waals surface area contributed by atoms with E-state index in [2.05, 4.69) is 39.1 Å². The second kappa shape index (κ2) is 4.52. The number of nitrogens with zero attached hydrogens (tertiary/aromatic N) is 2. The molecule has 0 saturated heterocycles. The third-order valence-corrected chi connectivity index (χ3v) is 3.30. The summed E-state index contributed by atoms with van der Waals surface area (Å²) in [6.45, 7) is 2.95. The molecule has 0 unspecified atom stereocenters. The number of hydrogen-bond donors (Lipinski definition) is 1. The zero-order valence-corrected chi connectivity index (χ0v) is 9.49. The van der Waals surface area contributed by atoms with Crippen LogP contribution >= 0.6 is 22.9 Å². The van der Waals surface area contributed by atoms with Crippen LogP contribution in [0.25, 0.3) is 0 Å². The second-order valence-electron chi connectivity index (χ2n) is 2.80. The van der Waals surface area contributed by atoms with Gasteiger partial charge in [0.2, 0.25) is 5.13 Å². The minimum atomic E-state index is 0.847. The van der Waals surface area contributed by atoms with Crippen LogP contribution in [-0.2, 0) is 6.42 Å². The average Bonchev–Trinajstić information content (AvgIpc) is 2.79. The average molecular weight is 225 g/mol. The van der Waals surface area contributed by atoms with Crippen molar-refractivity contribution in [3.8, 4) is 0 Å². The fraction of sp³-hybridized carbons (Fsp3) is 0.333. The van der Waals surface area contributed by atoms with E-state index in [1.165, 1.54) is 16.4 Å². The van der Waals surface area contributed by atoms with Crippen LogP contribution in [0.3, 0.4) is 0 Å². The van der Waals surface area contributed by atoms with Gasteiger partial charge in [0.25, 0.3) is 0 Å². The Kier molecular flexibility index (Phi) is 3.10. The van der Waals surface area contributed by atoms with Gasteiger partial charge in [-0.3, -0.25) is 0 Å². The summed E-state index contributed by atoms with van der Waals surface area (Å²) in [4.78, 5) is 5.69. The van der Waals surface area contributed by atoms with E-state index in [0.717, 1.165) is 23.9 Å². The van der Waals surface area contributed by atoms with Gasteiger partial charge in [-0.05, 0) is 18.4 Å². The largest absolute Gasteiger partial charge is 0.361 e. The first-order valence-electron chi connectivity index (χ1n) is 4.47. The van der Waals surface area contributed by atoms with Gasteiger partial charge in [0.05, 0.1) is 0 Å². The molecule has 5 heteroatoms. The van der Waals surface area contributed by atoms with Crippen LogP contribution in [0.2, 0.25) is 0 Å². The Bertz CT molecular complexity index is 380. The highest BCUT2D eigenvalue weighted by Crippen LogP contribution is 2.16. The van der Waals surface area contributed by atoms with Crippen molar-refractivity contribution in [2.24, 2.45) is 0 Å². The topological polar surface area (TPSA) is 37.8 Å². The van der Waals surface area contributed by atoms with Gasteiger partial charge >= 0.3 is 0 Å². The van der Waals surface area contributed by atoms with Crippen LogP contribution < -0.4 is 5.32 Å². The summed E-state index contributed by atoms with van der Waals surface area (Å²) in [6.07, 6.45) is 0.847. The summed E-state index contributed by atoms with van der Waals surface area (Å²) < 4.78 is 4.28. The second-order valence-corrected chi connectivity index (χ2v) is 4.59. The van der Waals surface area contributed by atoms with E-state index in [1.807, 2.05) is 0 Å². The van der Waals surface area contributed by atoms with Crippen molar-refractivity contribution in [1.82, 2.24) is 9.36 Å². The maximum atomic E-state index is 4.38. The molecule has 0 amide bonds. The fourth-order valence-corrected chi connectivity index (χ4v) is 2.47. The van der Waals surface area contributed by atoms with E-state index >= 15 is 0 Å². The highest BCUT2D eigenvalue weighted by atomic mass is 32.1. The van der Waals surface area contributed by atoms with Crippen molar-refractivity contribution in [3.63, 3.8) is 0 Å². The Labute approximate surface area is 91.0 Å². The molecule has 14 heavy (non-hydrogen) atoms. The molecule has 2 heterocycles. The van der Waals surface area contributed by atoms with E-state index in [-0.39, 0.29) is 0 Å². The van der Waals surface area contributed by atoms with Crippen molar-refractivity contribution >= 4 is 28.0 Å². The Hall–Kier alpha value is -0.940. The van der Waals surface area contributed by atoms with Gasteiger partial charge in [-0.2, -0.15) is 4.37 Å². The highest BCUT2D eigenvalue weighted by molar-refractivity contribution is 7.10. The number of aromatic nitrogens is 2. The lowest BCUT2D eigenvalue weighted by Gasteiger charge is -1.92. The molecule has 0 aliphatic carbocycles. The van der Waals surface area contributed by atoms with E-state index in [9.17, 15) is 0 Å². The number of anilines is 1. The minimum Gasteiger partial charge on any atom is -0.361 e. The Morgan fingerprint density at radius 2 is 2.43 bits per heavy atom. The standard InChI is InChI=1S/C9H11N3S2/c1-2-10-9-11-8(12-14-9)6-7-4-3-5-13-7/h3-5H,2,6H2,1H3,(H,10,11,12). The molecular weight excluding hydrogens is 214 g/mol. The normalized spacial score (nSPS) is 10.4. The molecule has 0 spiro atoms. The predicted molar refractivity (Wildman–Crippen MR) is 61.2 cm³/mol. The third kappa shape index (κ3) is 2.30. The summed E-state index contributed by atoms with van der Waals surface area (Å²) in [5.74, 6) is 0.911. The number of hydrogen-bond acceptors (Lipinski definition) is 5. The van der Waals surface area contributed by atoms with Crippen LogP contribution in [0.4, 0.5) is 5.13 Å². The van der Waals surface area contributed by atoms with Crippen LogP contribution in [-0.4, -0.2) is 15.9 Å². The van der Waals surface area contributed by atoms with Gasteiger partial charge in [0.1, 0.15) is 5.82 Å². The summed E-state index contributed by atoms with van der Waals surface area (Å²) in [6, 6.07) is 4.16. The lowest BCUT2D eigenvalue weighted by Crippen LogP contribution is -1.95. The summed E-state index contributed by atoms with van der Waals surface area (Å²) in [5.41, 5.74) is 0. The van der Waals surface area contributed by atoms with Crippen molar-refractivity contribution in [3.05, 3.63) is 28.2 Å². The first-order valence-corrected chi connectivity index (χ1v) is 6.12. The lowest BCUT2D eigenvalue weighted by atomic mass is 10.3. The summed E-state index contributed by atoms with van der Waals surface area (Å²) >= 11 is 3.17.